The van der Waals surface area contributed by atoms with Gasteiger partial charge in [-0.3, -0.25) is 0 Å². The number of hydrogen-bond donors (Lipinski definition) is 3. The number of carbonyl (C=O) groups excluding carboxylic acids is 1. The lowest BCUT2D eigenvalue weighted by molar-refractivity contribution is 0.117. The zero-order chi connectivity index (χ0) is 17.6. The van der Waals surface area contributed by atoms with Crippen molar-refractivity contribution < 1.29 is 14.4 Å². The number of rotatable bonds is 5. The Morgan fingerprint density at radius 3 is 2.72 bits per heavy atom. The summed E-state index contributed by atoms with van der Waals surface area (Å²) in [4.78, 5) is 16.5. The van der Waals surface area contributed by atoms with Gasteiger partial charge in [0.1, 0.15) is 0 Å². The molecule has 0 aliphatic heterocycles. The molecule has 1 aliphatic rings. The fraction of sp³-hybridized carbons (Fsp3) is 0.500. The molecular formula is C18H24N4O3. The molecule has 7 nitrogen and oxygen atoms in total. The van der Waals surface area contributed by atoms with E-state index >= 15 is 0 Å². The van der Waals surface area contributed by atoms with Crippen LogP contribution in [0.25, 0.3) is 0 Å². The molecule has 0 bridgehead atoms. The molecule has 1 heterocycles. The molecule has 1 aromatic heterocycles. The number of carbonyl (C=O) groups is 1. The summed E-state index contributed by atoms with van der Waals surface area (Å²) >= 11 is 0. The Kier molecular flexibility index (Phi) is 5.65. The average Bonchev–Trinajstić information content (AvgIpc) is 3.06. The molecule has 1 fully saturated rings. The van der Waals surface area contributed by atoms with Gasteiger partial charge in [-0.25, -0.2) is 4.79 Å². The molecule has 3 N–H and O–H groups in total. The first-order valence-electron chi connectivity index (χ1n) is 8.71. The zero-order valence-electron chi connectivity index (χ0n) is 14.3. The molecule has 0 saturated heterocycles. The van der Waals surface area contributed by atoms with Gasteiger partial charge in [0.05, 0.1) is 18.6 Å². The first-order valence-corrected chi connectivity index (χ1v) is 8.71. The highest BCUT2D eigenvalue weighted by Crippen LogP contribution is 2.18. The third-order valence-corrected chi connectivity index (χ3v) is 4.45. The number of urea groups is 1. The molecule has 25 heavy (non-hydrogen) atoms. The molecule has 2 aromatic rings. The normalized spacial score (nSPS) is 21.5. The van der Waals surface area contributed by atoms with Crippen molar-refractivity contribution in [1.82, 2.24) is 20.8 Å². The predicted molar refractivity (Wildman–Crippen MR) is 91.9 cm³/mol. The van der Waals surface area contributed by atoms with Gasteiger partial charge in [-0.2, -0.15) is 4.98 Å². The van der Waals surface area contributed by atoms with Crippen molar-refractivity contribution in [2.75, 3.05) is 0 Å². The Hall–Kier alpha value is -2.41. The first-order chi connectivity index (χ1) is 12.1. The molecule has 2 amide bonds. The van der Waals surface area contributed by atoms with E-state index < -0.39 is 0 Å². The Morgan fingerprint density at radius 2 is 2.00 bits per heavy atom. The van der Waals surface area contributed by atoms with Gasteiger partial charge in [-0.1, -0.05) is 35.5 Å². The lowest BCUT2D eigenvalue weighted by atomic mass is 9.93. The summed E-state index contributed by atoms with van der Waals surface area (Å²) in [6, 6.07) is 9.40. The molecule has 1 aliphatic carbocycles. The van der Waals surface area contributed by atoms with Crippen molar-refractivity contribution in [2.45, 2.75) is 57.2 Å². The van der Waals surface area contributed by atoms with Gasteiger partial charge in [-0.15, -0.1) is 0 Å². The molecule has 7 heteroatoms. The molecule has 1 saturated carbocycles. The molecular weight excluding hydrogens is 320 g/mol. The van der Waals surface area contributed by atoms with E-state index in [1.807, 2.05) is 37.3 Å². The summed E-state index contributed by atoms with van der Waals surface area (Å²) in [6.07, 6.45) is 3.39. The number of aliphatic hydroxyl groups is 1. The minimum absolute atomic E-state index is 0.106. The molecule has 0 radical (unpaired) electrons. The fourth-order valence-corrected chi connectivity index (χ4v) is 2.99. The van der Waals surface area contributed by atoms with Gasteiger partial charge in [0, 0.05) is 6.04 Å². The standard InChI is InChI=1S/C18H24N4O3/c1-12(19-18(24)20-14-7-9-15(23)10-8-14)17-21-16(25-22-17)11-13-5-3-2-4-6-13/h2-6,12,14-15,23H,7-11H2,1H3,(H2,19,20,24). The monoisotopic (exact) mass is 344 g/mol. The Labute approximate surface area is 146 Å². The maximum Gasteiger partial charge on any atom is 0.315 e. The van der Waals surface area contributed by atoms with E-state index in [2.05, 4.69) is 20.8 Å². The number of nitrogens with zero attached hydrogens (tertiary/aromatic N) is 2. The van der Waals surface area contributed by atoms with Crippen molar-refractivity contribution >= 4 is 6.03 Å². The van der Waals surface area contributed by atoms with Crippen LogP contribution in [0.1, 0.15) is 55.9 Å². The van der Waals surface area contributed by atoms with Crippen LogP contribution in [-0.2, 0) is 6.42 Å². The topological polar surface area (TPSA) is 100 Å². The Morgan fingerprint density at radius 1 is 1.28 bits per heavy atom. The number of benzene rings is 1. The molecule has 1 unspecified atom stereocenters. The SMILES string of the molecule is CC(NC(=O)NC1CCC(O)CC1)c1noc(Cc2ccccc2)n1. The molecule has 1 aromatic carbocycles. The molecule has 1 atom stereocenters. The largest absolute Gasteiger partial charge is 0.393 e. The van der Waals surface area contributed by atoms with Crippen LogP contribution in [0, 0.1) is 0 Å². The lowest BCUT2D eigenvalue weighted by Gasteiger charge is -2.26. The van der Waals surface area contributed by atoms with E-state index in [0.717, 1.165) is 31.2 Å². The summed E-state index contributed by atoms with van der Waals surface area (Å²) in [5.41, 5.74) is 1.09. The van der Waals surface area contributed by atoms with E-state index in [4.69, 9.17) is 4.52 Å². The summed E-state index contributed by atoms with van der Waals surface area (Å²) in [7, 11) is 0. The van der Waals surface area contributed by atoms with Crippen molar-refractivity contribution in [3.63, 3.8) is 0 Å². The smallest absolute Gasteiger partial charge is 0.315 e. The first kappa shape index (κ1) is 17.4. The Bertz CT molecular complexity index is 681. The van der Waals surface area contributed by atoms with E-state index in [9.17, 15) is 9.90 Å². The summed E-state index contributed by atoms with van der Waals surface area (Å²) in [5, 5.41) is 19.2. The van der Waals surface area contributed by atoms with Gasteiger partial charge in [0.2, 0.25) is 5.89 Å². The van der Waals surface area contributed by atoms with Gasteiger partial charge < -0.3 is 20.3 Å². The second kappa shape index (κ2) is 8.11. The number of amides is 2. The summed E-state index contributed by atoms with van der Waals surface area (Å²) in [5.74, 6) is 0.983. The third-order valence-electron chi connectivity index (χ3n) is 4.45. The minimum atomic E-state index is -0.345. The zero-order valence-corrected chi connectivity index (χ0v) is 14.3. The van der Waals surface area contributed by atoms with E-state index in [0.29, 0.717) is 18.1 Å². The van der Waals surface area contributed by atoms with Gasteiger partial charge in [0.15, 0.2) is 5.82 Å². The van der Waals surface area contributed by atoms with E-state index in [-0.39, 0.29) is 24.2 Å². The highest BCUT2D eigenvalue weighted by molar-refractivity contribution is 5.74. The molecule has 3 rings (SSSR count). The fourth-order valence-electron chi connectivity index (χ4n) is 2.99. The molecule has 134 valence electrons. The van der Waals surface area contributed by atoms with Crippen molar-refractivity contribution in [3.05, 3.63) is 47.6 Å². The summed E-state index contributed by atoms with van der Waals surface area (Å²) < 4.78 is 5.27. The third kappa shape index (κ3) is 5.03. The van der Waals surface area contributed by atoms with Crippen LogP contribution < -0.4 is 10.6 Å². The van der Waals surface area contributed by atoms with E-state index in [1.165, 1.54) is 0 Å². The highest BCUT2D eigenvalue weighted by atomic mass is 16.5. The highest BCUT2D eigenvalue weighted by Gasteiger charge is 2.22. The maximum atomic E-state index is 12.1. The average molecular weight is 344 g/mol. The van der Waals surface area contributed by atoms with Crippen molar-refractivity contribution in [2.24, 2.45) is 0 Å². The number of hydrogen-bond acceptors (Lipinski definition) is 5. The van der Waals surface area contributed by atoms with Gasteiger partial charge in [0.25, 0.3) is 0 Å². The summed E-state index contributed by atoms with van der Waals surface area (Å²) in [6.45, 7) is 1.82. The van der Waals surface area contributed by atoms with Crippen molar-refractivity contribution in [3.8, 4) is 0 Å². The maximum absolute atomic E-state index is 12.1. The van der Waals surface area contributed by atoms with Gasteiger partial charge >= 0.3 is 6.03 Å². The van der Waals surface area contributed by atoms with Crippen LogP contribution >= 0.6 is 0 Å². The van der Waals surface area contributed by atoms with Gasteiger partial charge in [-0.05, 0) is 38.2 Å². The lowest BCUT2D eigenvalue weighted by Crippen LogP contribution is -2.45. The van der Waals surface area contributed by atoms with Crippen LogP contribution in [-0.4, -0.2) is 33.4 Å². The number of aromatic nitrogens is 2. The minimum Gasteiger partial charge on any atom is -0.393 e. The number of aliphatic hydroxyl groups excluding tert-OH is 1. The van der Waals surface area contributed by atoms with Crippen LogP contribution in [0.5, 0.6) is 0 Å². The van der Waals surface area contributed by atoms with Crippen LogP contribution in [0.4, 0.5) is 4.79 Å². The Balaban J connectivity index is 1.49. The second-order valence-electron chi connectivity index (χ2n) is 6.55. The van der Waals surface area contributed by atoms with Crippen molar-refractivity contribution in [1.29, 1.82) is 0 Å². The number of nitrogens with one attached hydrogen (secondary N) is 2. The predicted octanol–water partition coefficient (Wildman–Crippen LogP) is 2.32. The van der Waals surface area contributed by atoms with Crippen LogP contribution in [0.15, 0.2) is 34.9 Å². The van der Waals surface area contributed by atoms with Crippen LogP contribution in [0.2, 0.25) is 0 Å². The quantitative estimate of drug-likeness (QED) is 0.773. The van der Waals surface area contributed by atoms with Crippen LogP contribution in [0.3, 0.4) is 0 Å². The van der Waals surface area contributed by atoms with E-state index in [1.54, 1.807) is 0 Å². The second-order valence-corrected chi connectivity index (χ2v) is 6.55. The molecule has 0 spiro atoms.